The first-order chi connectivity index (χ1) is 10.6. The minimum Gasteiger partial charge on any atom is -0.391 e. The summed E-state index contributed by atoms with van der Waals surface area (Å²) in [6, 6.07) is 1.32. The van der Waals surface area contributed by atoms with Crippen LogP contribution in [0.4, 0.5) is 0 Å². The van der Waals surface area contributed by atoms with Crippen molar-refractivity contribution in [3.63, 3.8) is 0 Å². The van der Waals surface area contributed by atoms with Crippen LogP contribution in [0.2, 0.25) is 5.02 Å². The molecule has 0 radical (unpaired) electrons. The summed E-state index contributed by atoms with van der Waals surface area (Å²) >= 11 is 5.84. The maximum atomic E-state index is 12.1. The third kappa shape index (κ3) is 3.42. The van der Waals surface area contributed by atoms with Crippen LogP contribution in [0.25, 0.3) is 0 Å². The van der Waals surface area contributed by atoms with E-state index in [-0.39, 0.29) is 17.9 Å². The fourth-order valence-electron chi connectivity index (χ4n) is 2.80. The number of amides is 1. The molecule has 0 spiro atoms. The van der Waals surface area contributed by atoms with Gasteiger partial charge >= 0.3 is 0 Å². The summed E-state index contributed by atoms with van der Waals surface area (Å²) in [4.78, 5) is 12.1. The summed E-state index contributed by atoms with van der Waals surface area (Å²) in [7, 11) is 0. The highest BCUT2D eigenvalue weighted by Gasteiger charge is 2.34. The standard InChI is InChI=1S/C14H16ClN5O2/c15-11-6-18-20(8-11)7-9-3-12(13(21)4-9)19-14(22)10-1-2-16-17-5-10/h1-2,5-6,8-9,12-13,21H,3-4,7H2,(H,19,22)/t9?,12-,13-/m1/s1. The molecule has 22 heavy (non-hydrogen) atoms. The maximum absolute atomic E-state index is 12.1. The molecule has 1 fully saturated rings. The second-order valence-electron chi connectivity index (χ2n) is 5.50. The Hall–Kier alpha value is -1.99. The van der Waals surface area contributed by atoms with Gasteiger partial charge in [0.25, 0.3) is 5.91 Å². The van der Waals surface area contributed by atoms with Gasteiger partial charge in [-0.1, -0.05) is 11.6 Å². The van der Waals surface area contributed by atoms with Gasteiger partial charge < -0.3 is 10.4 Å². The molecular weight excluding hydrogens is 306 g/mol. The third-order valence-electron chi connectivity index (χ3n) is 3.84. The van der Waals surface area contributed by atoms with Gasteiger partial charge in [-0.05, 0) is 24.8 Å². The molecule has 1 unspecified atom stereocenters. The Morgan fingerprint density at radius 1 is 1.41 bits per heavy atom. The Balaban J connectivity index is 1.58. The monoisotopic (exact) mass is 321 g/mol. The number of aliphatic hydroxyl groups is 1. The number of nitrogens with zero attached hydrogens (tertiary/aromatic N) is 4. The van der Waals surface area contributed by atoms with Crippen LogP contribution in [0, 0.1) is 5.92 Å². The zero-order chi connectivity index (χ0) is 15.5. The Morgan fingerprint density at radius 2 is 2.27 bits per heavy atom. The average molecular weight is 322 g/mol. The van der Waals surface area contributed by atoms with Crippen molar-refractivity contribution in [1.29, 1.82) is 0 Å². The molecule has 2 aromatic heterocycles. The summed E-state index contributed by atoms with van der Waals surface area (Å²) in [5.41, 5.74) is 0.435. The lowest BCUT2D eigenvalue weighted by molar-refractivity contribution is 0.0872. The highest BCUT2D eigenvalue weighted by Crippen LogP contribution is 2.28. The Labute approximate surface area is 132 Å². The fourth-order valence-corrected chi connectivity index (χ4v) is 2.96. The number of carbonyl (C=O) groups is 1. The lowest BCUT2D eigenvalue weighted by atomic mass is 10.1. The molecule has 2 aromatic rings. The Kier molecular flexibility index (Phi) is 4.35. The van der Waals surface area contributed by atoms with E-state index >= 15 is 0 Å². The topological polar surface area (TPSA) is 92.9 Å². The second-order valence-corrected chi connectivity index (χ2v) is 5.93. The first kappa shape index (κ1) is 14.9. The molecule has 1 aliphatic carbocycles. The van der Waals surface area contributed by atoms with E-state index in [0.717, 1.165) is 0 Å². The highest BCUT2D eigenvalue weighted by molar-refractivity contribution is 6.30. The van der Waals surface area contributed by atoms with Crippen molar-refractivity contribution in [2.75, 3.05) is 0 Å². The minimum absolute atomic E-state index is 0.242. The van der Waals surface area contributed by atoms with Crippen molar-refractivity contribution in [3.05, 3.63) is 41.4 Å². The Bertz CT molecular complexity index is 648. The van der Waals surface area contributed by atoms with Crippen LogP contribution < -0.4 is 5.32 Å². The number of aromatic nitrogens is 4. The van der Waals surface area contributed by atoms with E-state index in [9.17, 15) is 9.90 Å². The molecule has 0 aliphatic heterocycles. The van der Waals surface area contributed by atoms with Gasteiger partial charge in [0.05, 0.1) is 41.3 Å². The van der Waals surface area contributed by atoms with Gasteiger partial charge in [-0.3, -0.25) is 9.48 Å². The molecule has 7 nitrogen and oxygen atoms in total. The normalized spacial score (nSPS) is 24.4. The predicted octanol–water partition coefficient (Wildman–Crippen LogP) is 0.896. The van der Waals surface area contributed by atoms with E-state index in [0.29, 0.717) is 30.0 Å². The zero-order valence-corrected chi connectivity index (χ0v) is 12.5. The fraction of sp³-hybridized carbons (Fsp3) is 0.429. The summed E-state index contributed by atoms with van der Waals surface area (Å²) in [5.74, 6) is -0.00596. The number of hydrogen-bond donors (Lipinski definition) is 2. The number of aliphatic hydroxyl groups excluding tert-OH is 1. The summed E-state index contributed by atoms with van der Waals surface area (Å²) in [6.07, 6.45) is 6.96. The van der Waals surface area contributed by atoms with Gasteiger partial charge in [-0.15, -0.1) is 0 Å². The first-order valence-corrected chi connectivity index (χ1v) is 7.43. The smallest absolute Gasteiger partial charge is 0.253 e. The van der Waals surface area contributed by atoms with Crippen molar-refractivity contribution in [3.8, 4) is 0 Å². The average Bonchev–Trinajstić information content (AvgIpc) is 3.06. The van der Waals surface area contributed by atoms with Crippen LogP contribution >= 0.6 is 11.6 Å². The van der Waals surface area contributed by atoms with Gasteiger partial charge in [-0.2, -0.15) is 15.3 Å². The van der Waals surface area contributed by atoms with E-state index in [1.807, 2.05) is 0 Å². The molecule has 8 heteroatoms. The van der Waals surface area contributed by atoms with Crippen molar-refractivity contribution in [1.82, 2.24) is 25.3 Å². The third-order valence-corrected chi connectivity index (χ3v) is 4.03. The largest absolute Gasteiger partial charge is 0.391 e. The van der Waals surface area contributed by atoms with Crippen LogP contribution in [0.1, 0.15) is 23.2 Å². The zero-order valence-electron chi connectivity index (χ0n) is 11.8. The second kappa shape index (κ2) is 6.41. The van der Waals surface area contributed by atoms with E-state index in [2.05, 4.69) is 20.6 Å². The number of halogens is 1. The van der Waals surface area contributed by atoms with Crippen LogP contribution in [-0.2, 0) is 6.54 Å². The number of carbonyl (C=O) groups excluding carboxylic acids is 1. The van der Waals surface area contributed by atoms with Crippen molar-refractivity contribution < 1.29 is 9.90 Å². The van der Waals surface area contributed by atoms with E-state index in [4.69, 9.17) is 11.6 Å². The predicted molar refractivity (Wildman–Crippen MR) is 79.3 cm³/mol. The van der Waals surface area contributed by atoms with Crippen molar-refractivity contribution >= 4 is 17.5 Å². The van der Waals surface area contributed by atoms with Crippen LogP contribution in [0.5, 0.6) is 0 Å². The quantitative estimate of drug-likeness (QED) is 0.872. The molecule has 0 bridgehead atoms. The lowest BCUT2D eigenvalue weighted by Crippen LogP contribution is -2.40. The molecule has 1 aliphatic rings. The van der Waals surface area contributed by atoms with E-state index in [1.165, 1.54) is 12.4 Å². The molecule has 1 saturated carbocycles. The van der Waals surface area contributed by atoms with Gasteiger partial charge in [-0.25, -0.2) is 0 Å². The van der Waals surface area contributed by atoms with Crippen molar-refractivity contribution in [2.24, 2.45) is 5.92 Å². The van der Waals surface area contributed by atoms with Crippen molar-refractivity contribution in [2.45, 2.75) is 31.5 Å². The van der Waals surface area contributed by atoms with Gasteiger partial charge in [0, 0.05) is 12.7 Å². The number of rotatable bonds is 4. The van der Waals surface area contributed by atoms with Crippen LogP contribution in [0.3, 0.4) is 0 Å². The molecule has 3 rings (SSSR count). The molecule has 116 valence electrons. The SMILES string of the molecule is O=C(N[C@@H]1CC(Cn2cc(Cl)cn2)C[C@H]1O)c1ccnnc1. The van der Waals surface area contributed by atoms with Crippen LogP contribution in [-0.4, -0.2) is 43.1 Å². The molecule has 1 amide bonds. The van der Waals surface area contributed by atoms with Gasteiger partial charge in [0.15, 0.2) is 0 Å². The van der Waals surface area contributed by atoms with E-state index in [1.54, 1.807) is 23.1 Å². The first-order valence-electron chi connectivity index (χ1n) is 7.05. The Morgan fingerprint density at radius 3 is 2.95 bits per heavy atom. The highest BCUT2D eigenvalue weighted by atomic mass is 35.5. The number of nitrogens with one attached hydrogen (secondary N) is 1. The molecular formula is C14H16ClN5O2. The van der Waals surface area contributed by atoms with E-state index < -0.39 is 6.10 Å². The summed E-state index contributed by atoms with van der Waals surface area (Å²) in [5, 5.41) is 25.0. The van der Waals surface area contributed by atoms with Gasteiger partial charge in [0.2, 0.25) is 0 Å². The summed E-state index contributed by atoms with van der Waals surface area (Å²) < 4.78 is 1.76. The molecule has 3 atom stereocenters. The maximum Gasteiger partial charge on any atom is 0.253 e. The molecule has 2 N–H and O–H groups in total. The van der Waals surface area contributed by atoms with Crippen LogP contribution in [0.15, 0.2) is 30.9 Å². The molecule has 0 aromatic carbocycles. The van der Waals surface area contributed by atoms with Gasteiger partial charge in [0.1, 0.15) is 0 Å². The number of hydrogen-bond acceptors (Lipinski definition) is 5. The molecule has 2 heterocycles. The summed E-state index contributed by atoms with van der Waals surface area (Å²) in [6.45, 7) is 0.674. The lowest BCUT2D eigenvalue weighted by Gasteiger charge is -2.16. The minimum atomic E-state index is -0.560. The molecule has 0 saturated heterocycles.